The van der Waals surface area contributed by atoms with Crippen LogP contribution in [-0.4, -0.2) is 40.4 Å². The van der Waals surface area contributed by atoms with Crippen molar-refractivity contribution in [2.45, 2.75) is 50.2 Å². The van der Waals surface area contributed by atoms with Gasteiger partial charge in [0.05, 0.1) is 25.3 Å². The molecule has 168 valence electrons. The van der Waals surface area contributed by atoms with E-state index in [0.717, 1.165) is 19.4 Å². The molecule has 1 aromatic carbocycles. The molecule has 3 aromatic rings. The summed E-state index contributed by atoms with van der Waals surface area (Å²) in [6.07, 6.45) is 7.91. The average Bonchev–Trinajstić information content (AvgIpc) is 3.20. The van der Waals surface area contributed by atoms with Crippen molar-refractivity contribution in [2.75, 3.05) is 6.54 Å². The van der Waals surface area contributed by atoms with Gasteiger partial charge < -0.3 is 25.4 Å². The molecule has 32 heavy (non-hydrogen) atoms. The fourth-order valence-electron chi connectivity index (χ4n) is 3.85. The van der Waals surface area contributed by atoms with Crippen molar-refractivity contribution in [1.29, 1.82) is 0 Å². The third kappa shape index (κ3) is 6.07. The largest absolute Gasteiger partial charge is 0.467 e. The first-order valence-electron chi connectivity index (χ1n) is 11.1. The Balaban J connectivity index is 1.21. The zero-order valence-corrected chi connectivity index (χ0v) is 17.9. The number of amides is 2. The van der Waals surface area contributed by atoms with E-state index in [0.29, 0.717) is 29.8 Å². The Labute approximate surface area is 187 Å². The number of rotatable bonds is 12. The molecular formula is C24H29N5O3. The zero-order valence-electron chi connectivity index (χ0n) is 17.9. The van der Waals surface area contributed by atoms with Crippen molar-refractivity contribution in [3.05, 3.63) is 78.3 Å². The molecule has 3 unspecified atom stereocenters. The maximum atomic E-state index is 12.7. The second-order valence-electron chi connectivity index (χ2n) is 8.10. The highest BCUT2D eigenvalue weighted by molar-refractivity contribution is 5.95. The minimum atomic E-state index is -0.626. The van der Waals surface area contributed by atoms with Crippen molar-refractivity contribution in [2.24, 2.45) is 0 Å². The van der Waals surface area contributed by atoms with Gasteiger partial charge in [0, 0.05) is 12.0 Å². The lowest BCUT2D eigenvalue weighted by atomic mass is 10.1. The van der Waals surface area contributed by atoms with Gasteiger partial charge >= 0.3 is 0 Å². The average molecular weight is 436 g/mol. The van der Waals surface area contributed by atoms with Crippen LogP contribution in [-0.2, 0) is 11.3 Å². The highest BCUT2D eigenvalue weighted by atomic mass is 16.3. The summed E-state index contributed by atoms with van der Waals surface area (Å²) in [6.45, 7) is 1.18. The third-order valence-electron chi connectivity index (χ3n) is 5.73. The van der Waals surface area contributed by atoms with Crippen LogP contribution in [0.4, 0.5) is 0 Å². The molecule has 2 amide bonds. The maximum absolute atomic E-state index is 12.7. The number of H-pyrrole nitrogens is 1. The van der Waals surface area contributed by atoms with Gasteiger partial charge in [-0.1, -0.05) is 30.3 Å². The summed E-state index contributed by atoms with van der Waals surface area (Å²) in [5, 5.41) is 9.26. The number of unbranched alkanes of at least 4 members (excludes halogenated alkanes) is 1. The van der Waals surface area contributed by atoms with E-state index in [1.54, 1.807) is 18.4 Å². The van der Waals surface area contributed by atoms with Crippen molar-refractivity contribution >= 4 is 11.8 Å². The first-order chi connectivity index (χ1) is 15.7. The summed E-state index contributed by atoms with van der Waals surface area (Å²) < 4.78 is 5.26. The molecule has 1 fully saturated rings. The molecule has 2 aromatic heterocycles. The maximum Gasteiger partial charge on any atom is 0.269 e. The van der Waals surface area contributed by atoms with Crippen molar-refractivity contribution < 1.29 is 14.0 Å². The van der Waals surface area contributed by atoms with E-state index in [1.807, 2.05) is 6.07 Å². The van der Waals surface area contributed by atoms with E-state index < -0.39 is 6.04 Å². The van der Waals surface area contributed by atoms with Crippen LogP contribution in [0, 0.1) is 0 Å². The smallest absolute Gasteiger partial charge is 0.269 e. The Kier molecular flexibility index (Phi) is 7.34. The standard InChI is InChI=1S/C24H29N5O3/c30-23(27-14-18-9-6-12-32-18)20(29-24(31)22-15-25-16-28-22)10-4-5-11-26-21-13-19(21)17-7-2-1-3-8-17/h1-3,6-9,12,15-16,19-21,26H,4-5,10-11,13-14H2,(H,25,28)(H,27,30)(H,29,31). The van der Waals surface area contributed by atoms with Gasteiger partial charge in [-0.2, -0.15) is 0 Å². The molecular weight excluding hydrogens is 406 g/mol. The molecule has 0 radical (unpaired) electrons. The van der Waals surface area contributed by atoms with Crippen molar-refractivity contribution in [3.8, 4) is 0 Å². The monoisotopic (exact) mass is 435 g/mol. The van der Waals surface area contributed by atoms with Gasteiger partial charge in [-0.15, -0.1) is 0 Å². The van der Waals surface area contributed by atoms with Crippen LogP contribution in [0.3, 0.4) is 0 Å². The molecule has 1 aliphatic rings. The van der Waals surface area contributed by atoms with Gasteiger partial charge in [0.25, 0.3) is 5.91 Å². The van der Waals surface area contributed by atoms with Gasteiger partial charge in [-0.05, 0) is 49.9 Å². The van der Waals surface area contributed by atoms with E-state index in [4.69, 9.17) is 4.42 Å². The predicted molar refractivity (Wildman–Crippen MR) is 120 cm³/mol. The molecule has 8 heteroatoms. The second-order valence-corrected chi connectivity index (χ2v) is 8.10. The van der Waals surface area contributed by atoms with E-state index in [-0.39, 0.29) is 18.4 Å². The van der Waals surface area contributed by atoms with Gasteiger partial charge in [0.15, 0.2) is 0 Å². The molecule has 2 heterocycles. The number of carbonyl (C=O) groups is 2. The molecule has 0 saturated heterocycles. The number of imidazole rings is 1. The first-order valence-corrected chi connectivity index (χ1v) is 11.1. The molecule has 0 spiro atoms. The van der Waals surface area contributed by atoms with E-state index in [2.05, 4.69) is 50.2 Å². The van der Waals surface area contributed by atoms with E-state index in [9.17, 15) is 9.59 Å². The summed E-state index contributed by atoms with van der Waals surface area (Å²) in [5.41, 5.74) is 1.72. The van der Waals surface area contributed by atoms with Crippen LogP contribution in [0.5, 0.6) is 0 Å². The summed E-state index contributed by atoms with van der Waals surface area (Å²) in [5.74, 6) is 0.694. The third-order valence-corrected chi connectivity index (χ3v) is 5.73. The van der Waals surface area contributed by atoms with Crippen LogP contribution >= 0.6 is 0 Å². The van der Waals surface area contributed by atoms with Gasteiger partial charge in [-0.3, -0.25) is 9.59 Å². The van der Waals surface area contributed by atoms with Crippen LogP contribution < -0.4 is 16.0 Å². The molecule has 0 bridgehead atoms. The number of nitrogens with zero attached hydrogens (tertiary/aromatic N) is 1. The van der Waals surface area contributed by atoms with Gasteiger partial charge in [0.2, 0.25) is 5.91 Å². The lowest BCUT2D eigenvalue weighted by Crippen LogP contribution is -2.46. The van der Waals surface area contributed by atoms with Crippen LogP contribution in [0.15, 0.2) is 65.7 Å². The number of hydrogen-bond acceptors (Lipinski definition) is 5. The van der Waals surface area contributed by atoms with Gasteiger partial charge in [0.1, 0.15) is 17.5 Å². The van der Waals surface area contributed by atoms with Crippen LogP contribution in [0.1, 0.15) is 53.4 Å². The molecule has 4 rings (SSSR count). The number of carbonyl (C=O) groups excluding carboxylic acids is 2. The number of aromatic nitrogens is 2. The molecule has 1 aliphatic carbocycles. The second kappa shape index (κ2) is 10.8. The number of nitrogens with one attached hydrogen (secondary N) is 4. The molecule has 4 N–H and O–H groups in total. The molecule has 3 atom stereocenters. The molecule has 0 aliphatic heterocycles. The molecule has 1 saturated carbocycles. The number of furan rings is 1. The highest BCUT2D eigenvalue weighted by Gasteiger charge is 2.37. The Hall–Kier alpha value is -3.39. The number of aromatic amines is 1. The number of hydrogen-bond donors (Lipinski definition) is 4. The summed E-state index contributed by atoms with van der Waals surface area (Å²) in [6, 6.07) is 14.0. The van der Waals surface area contributed by atoms with Crippen LogP contribution in [0.25, 0.3) is 0 Å². The lowest BCUT2D eigenvalue weighted by molar-refractivity contribution is -0.123. The SMILES string of the molecule is O=C(NC(CCCCNC1CC1c1ccccc1)C(=O)NCc1ccco1)c1cnc[nH]1. The van der Waals surface area contributed by atoms with Crippen LogP contribution in [0.2, 0.25) is 0 Å². The minimum Gasteiger partial charge on any atom is -0.467 e. The fraction of sp³-hybridized carbons (Fsp3) is 0.375. The molecule has 8 nitrogen and oxygen atoms in total. The fourth-order valence-corrected chi connectivity index (χ4v) is 3.85. The summed E-state index contributed by atoms with van der Waals surface area (Å²) in [4.78, 5) is 31.8. The zero-order chi connectivity index (χ0) is 22.2. The first kappa shape index (κ1) is 21.8. The summed E-state index contributed by atoms with van der Waals surface area (Å²) in [7, 11) is 0. The van der Waals surface area contributed by atoms with Crippen molar-refractivity contribution in [3.63, 3.8) is 0 Å². The highest BCUT2D eigenvalue weighted by Crippen LogP contribution is 2.40. The quantitative estimate of drug-likeness (QED) is 0.327. The Morgan fingerprint density at radius 2 is 2.03 bits per heavy atom. The Morgan fingerprint density at radius 3 is 2.78 bits per heavy atom. The van der Waals surface area contributed by atoms with E-state index >= 15 is 0 Å². The topological polar surface area (TPSA) is 112 Å². The lowest BCUT2D eigenvalue weighted by Gasteiger charge is -2.18. The van der Waals surface area contributed by atoms with Gasteiger partial charge in [-0.25, -0.2) is 4.98 Å². The normalized spacial score (nSPS) is 18.1. The number of benzene rings is 1. The predicted octanol–water partition coefficient (Wildman–Crippen LogP) is 2.73. The Bertz CT molecular complexity index is 973. The minimum absolute atomic E-state index is 0.228. The Morgan fingerprint density at radius 1 is 1.16 bits per heavy atom. The van der Waals surface area contributed by atoms with Crippen molar-refractivity contribution in [1.82, 2.24) is 25.9 Å². The summed E-state index contributed by atoms with van der Waals surface area (Å²) >= 11 is 0. The van der Waals surface area contributed by atoms with E-state index in [1.165, 1.54) is 24.5 Å².